The van der Waals surface area contributed by atoms with Crippen molar-refractivity contribution in [2.45, 2.75) is 13.3 Å². The van der Waals surface area contributed by atoms with E-state index in [1.807, 2.05) is 13.1 Å². The lowest BCUT2D eigenvalue weighted by Crippen LogP contribution is -2.40. The van der Waals surface area contributed by atoms with Gasteiger partial charge in [0.25, 0.3) is 0 Å². The summed E-state index contributed by atoms with van der Waals surface area (Å²) in [5, 5.41) is 3.50. The van der Waals surface area contributed by atoms with E-state index in [0.717, 1.165) is 17.5 Å². The molecule has 1 aromatic rings. The van der Waals surface area contributed by atoms with Gasteiger partial charge in [-0.3, -0.25) is 4.98 Å². The number of hydrogen-bond acceptors (Lipinski definition) is 3. The number of pyridine rings is 1. The Morgan fingerprint density at radius 2 is 2.19 bits per heavy atom. The lowest BCUT2D eigenvalue weighted by atomic mass is 9.88. The highest BCUT2D eigenvalue weighted by atomic mass is 15.2. The number of nitrogens with zero attached hydrogens (tertiary/aromatic N) is 2. The Morgan fingerprint density at radius 3 is 3.00 bits per heavy atom. The van der Waals surface area contributed by atoms with Crippen LogP contribution in [0.5, 0.6) is 0 Å². The van der Waals surface area contributed by atoms with Gasteiger partial charge in [-0.15, -0.1) is 0 Å². The first kappa shape index (κ1) is 10.1. The molecule has 2 saturated heterocycles. The number of piperidine rings is 1. The van der Waals surface area contributed by atoms with Crippen LogP contribution in [-0.2, 0) is 0 Å². The van der Waals surface area contributed by atoms with Crippen LogP contribution in [0.1, 0.15) is 12.1 Å². The van der Waals surface area contributed by atoms with E-state index < -0.39 is 0 Å². The summed E-state index contributed by atoms with van der Waals surface area (Å²) in [5.41, 5.74) is 2.39. The SMILES string of the molecule is Cc1ccc(N2CCC3CNCC3C2)cn1. The van der Waals surface area contributed by atoms with Crippen LogP contribution in [0, 0.1) is 18.8 Å². The van der Waals surface area contributed by atoms with Gasteiger partial charge in [-0.2, -0.15) is 0 Å². The van der Waals surface area contributed by atoms with E-state index in [1.165, 1.54) is 38.3 Å². The molecule has 0 bridgehead atoms. The molecule has 3 rings (SSSR count). The summed E-state index contributed by atoms with van der Waals surface area (Å²) < 4.78 is 0. The lowest BCUT2D eigenvalue weighted by Gasteiger charge is -2.35. The molecular formula is C13H19N3. The zero-order valence-corrected chi connectivity index (χ0v) is 9.82. The molecule has 0 radical (unpaired) electrons. The molecule has 0 aliphatic carbocycles. The third-order valence-corrected chi connectivity index (χ3v) is 3.97. The third-order valence-electron chi connectivity index (χ3n) is 3.97. The highest BCUT2D eigenvalue weighted by molar-refractivity contribution is 5.45. The van der Waals surface area contributed by atoms with Gasteiger partial charge in [0.1, 0.15) is 0 Å². The largest absolute Gasteiger partial charge is 0.370 e. The molecule has 86 valence electrons. The molecule has 2 unspecified atom stereocenters. The summed E-state index contributed by atoms with van der Waals surface area (Å²) in [5.74, 6) is 1.75. The number of aromatic nitrogens is 1. The lowest BCUT2D eigenvalue weighted by molar-refractivity contribution is 0.349. The van der Waals surface area contributed by atoms with Crippen molar-refractivity contribution in [1.82, 2.24) is 10.3 Å². The Bertz CT molecular complexity index is 360. The molecule has 16 heavy (non-hydrogen) atoms. The Balaban J connectivity index is 1.74. The van der Waals surface area contributed by atoms with E-state index in [9.17, 15) is 0 Å². The maximum atomic E-state index is 4.38. The average molecular weight is 217 g/mol. The van der Waals surface area contributed by atoms with Crippen LogP contribution in [0.3, 0.4) is 0 Å². The fourth-order valence-electron chi connectivity index (χ4n) is 2.92. The third kappa shape index (κ3) is 1.80. The van der Waals surface area contributed by atoms with E-state index in [4.69, 9.17) is 0 Å². The molecule has 3 heterocycles. The number of nitrogens with one attached hydrogen (secondary N) is 1. The summed E-state index contributed by atoms with van der Waals surface area (Å²) in [6.07, 6.45) is 3.34. The Labute approximate surface area is 96.9 Å². The minimum atomic E-state index is 0.843. The van der Waals surface area contributed by atoms with Gasteiger partial charge in [-0.25, -0.2) is 0 Å². The fourth-order valence-corrected chi connectivity index (χ4v) is 2.92. The quantitative estimate of drug-likeness (QED) is 0.771. The van der Waals surface area contributed by atoms with Gasteiger partial charge >= 0.3 is 0 Å². The summed E-state index contributed by atoms with van der Waals surface area (Å²) in [6.45, 7) is 6.85. The number of hydrogen-bond donors (Lipinski definition) is 1. The van der Waals surface area contributed by atoms with Crippen LogP contribution in [-0.4, -0.2) is 31.2 Å². The average Bonchev–Trinajstić information content (AvgIpc) is 2.77. The van der Waals surface area contributed by atoms with Gasteiger partial charge in [-0.1, -0.05) is 0 Å². The van der Waals surface area contributed by atoms with Crippen LogP contribution in [0.25, 0.3) is 0 Å². The standard InChI is InChI=1S/C13H19N3/c1-10-2-3-13(8-15-10)16-5-4-11-6-14-7-12(11)9-16/h2-3,8,11-12,14H,4-7,9H2,1H3. The van der Waals surface area contributed by atoms with E-state index in [2.05, 4.69) is 27.3 Å². The number of aryl methyl sites for hydroxylation is 1. The molecule has 0 saturated carbocycles. The molecule has 0 aromatic carbocycles. The van der Waals surface area contributed by atoms with Crippen molar-refractivity contribution in [3.05, 3.63) is 24.0 Å². The number of fused-ring (bicyclic) bond motifs is 1. The van der Waals surface area contributed by atoms with Crippen LogP contribution in [0.4, 0.5) is 5.69 Å². The first-order valence-corrected chi connectivity index (χ1v) is 6.21. The number of rotatable bonds is 1. The number of anilines is 1. The van der Waals surface area contributed by atoms with Gasteiger partial charge in [0.2, 0.25) is 0 Å². The first-order chi connectivity index (χ1) is 7.83. The van der Waals surface area contributed by atoms with Crippen molar-refractivity contribution in [3.63, 3.8) is 0 Å². The second-order valence-corrected chi connectivity index (χ2v) is 5.07. The van der Waals surface area contributed by atoms with E-state index in [-0.39, 0.29) is 0 Å². The van der Waals surface area contributed by atoms with Crippen LogP contribution in [0.2, 0.25) is 0 Å². The van der Waals surface area contributed by atoms with Crippen LogP contribution in [0.15, 0.2) is 18.3 Å². The predicted molar refractivity (Wildman–Crippen MR) is 65.7 cm³/mol. The smallest absolute Gasteiger partial charge is 0.0553 e. The molecule has 2 atom stereocenters. The van der Waals surface area contributed by atoms with Crippen molar-refractivity contribution < 1.29 is 0 Å². The molecule has 1 aromatic heterocycles. The van der Waals surface area contributed by atoms with Crippen molar-refractivity contribution >= 4 is 5.69 Å². The maximum absolute atomic E-state index is 4.38. The summed E-state index contributed by atoms with van der Waals surface area (Å²) in [7, 11) is 0. The van der Waals surface area contributed by atoms with Gasteiger partial charge < -0.3 is 10.2 Å². The molecule has 3 heteroatoms. The van der Waals surface area contributed by atoms with Gasteiger partial charge in [0.15, 0.2) is 0 Å². The first-order valence-electron chi connectivity index (χ1n) is 6.21. The van der Waals surface area contributed by atoms with Gasteiger partial charge in [0.05, 0.1) is 11.9 Å². The highest BCUT2D eigenvalue weighted by Crippen LogP contribution is 2.29. The zero-order chi connectivity index (χ0) is 11.0. The maximum Gasteiger partial charge on any atom is 0.0553 e. The fraction of sp³-hybridized carbons (Fsp3) is 0.615. The van der Waals surface area contributed by atoms with Crippen molar-refractivity contribution in [2.24, 2.45) is 11.8 Å². The van der Waals surface area contributed by atoms with Gasteiger partial charge in [0, 0.05) is 18.8 Å². The zero-order valence-electron chi connectivity index (χ0n) is 9.82. The summed E-state index contributed by atoms with van der Waals surface area (Å²) in [4.78, 5) is 6.87. The van der Waals surface area contributed by atoms with Crippen molar-refractivity contribution in [2.75, 3.05) is 31.1 Å². The van der Waals surface area contributed by atoms with Crippen LogP contribution >= 0.6 is 0 Å². The van der Waals surface area contributed by atoms with Gasteiger partial charge in [-0.05, 0) is 50.4 Å². The highest BCUT2D eigenvalue weighted by Gasteiger charge is 2.32. The van der Waals surface area contributed by atoms with E-state index >= 15 is 0 Å². The topological polar surface area (TPSA) is 28.2 Å². The van der Waals surface area contributed by atoms with E-state index in [0.29, 0.717) is 0 Å². The van der Waals surface area contributed by atoms with Crippen LogP contribution < -0.4 is 10.2 Å². The molecule has 0 spiro atoms. The molecule has 3 nitrogen and oxygen atoms in total. The second-order valence-electron chi connectivity index (χ2n) is 5.07. The minimum absolute atomic E-state index is 0.843. The minimum Gasteiger partial charge on any atom is -0.370 e. The molecular weight excluding hydrogens is 198 g/mol. The molecule has 0 amide bonds. The predicted octanol–water partition coefficient (Wildman–Crippen LogP) is 1.44. The molecule has 2 fully saturated rings. The Morgan fingerprint density at radius 1 is 1.31 bits per heavy atom. The molecule has 2 aliphatic rings. The van der Waals surface area contributed by atoms with E-state index in [1.54, 1.807) is 0 Å². The normalized spacial score (nSPS) is 29.2. The summed E-state index contributed by atoms with van der Waals surface area (Å²) in [6, 6.07) is 4.30. The Hall–Kier alpha value is -1.09. The molecule has 1 N–H and O–H groups in total. The Kier molecular flexibility index (Phi) is 2.56. The van der Waals surface area contributed by atoms with Crippen molar-refractivity contribution in [3.8, 4) is 0 Å². The van der Waals surface area contributed by atoms with Crippen molar-refractivity contribution in [1.29, 1.82) is 0 Å². The second kappa shape index (κ2) is 4.06. The summed E-state index contributed by atoms with van der Waals surface area (Å²) >= 11 is 0. The monoisotopic (exact) mass is 217 g/mol. The molecule has 2 aliphatic heterocycles.